The Labute approximate surface area is 161 Å². The van der Waals surface area contributed by atoms with E-state index in [0.29, 0.717) is 23.6 Å². The first-order chi connectivity index (χ1) is 13.7. The van der Waals surface area contributed by atoms with Gasteiger partial charge in [0.05, 0.1) is 11.9 Å². The summed E-state index contributed by atoms with van der Waals surface area (Å²) in [6, 6.07) is 19.8. The first-order valence-electron chi connectivity index (χ1n) is 8.68. The lowest BCUT2D eigenvalue weighted by atomic mass is 10.1. The fraction of sp³-hybridized carbons (Fsp3) is 0.0455. The Bertz CT molecular complexity index is 1190. The van der Waals surface area contributed by atoms with Crippen molar-refractivity contribution in [1.29, 1.82) is 5.26 Å². The Morgan fingerprint density at radius 3 is 2.61 bits per heavy atom. The van der Waals surface area contributed by atoms with Crippen LogP contribution in [0.25, 0.3) is 5.69 Å². The predicted octanol–water partition coefficient (Wildman–Crippen LogP) is 3.75. The van der Waals surface area contributed by atoms with Gasteiger partial charge in [-0.1, -0.05) is 12.1 Å². The van der Waals surface area contributed by atoms with E-state index >= 15 is 0 Å². The number of benzene rings is 2. The number of imidazole rings is 1. The first-order valence-corrected chi connectivity index (χ1v) is 8.68. The van der Waals surface area contributed by atoms with Crippen LogP contribution in [0.2, 0.25) is 0 Å². The third-order valence-corrected chi connectivity index (χ3v) is 4.26. The van der Waals surface area contributed by atoms with Gasteiger partial charge in [0.25, 0.3) is 5.56 Å². The summed E-state index contributed by atoms with van der Waals surface area (Å²) in [5.74, 6) is 1.08. The minimum Gasteiger partial charge on any atom is -0.456 e. The topological polar surface area (TPSA) is 72.8 Å². The molecule has 0 radical (unpaired) electrons. The zero-order valence-electron chi connectivity index (χ0n) is 14.9. The summed E-state index contributed by atoms with van der Waals surface area (Å²) in [5.41, 5.74) is 2.10. The standard InChI is InChI=1S/C22H16N4O2/c23-14-18-5-4-17(15-25-12-10-24-16-25)13-21(18)28-20-8-6-19(7-9-20)26-11-2-1-3-22(26)27/h1-13,16H,15H2. The van der Waals surface area contributed by atoms with Crippen molar-refractivity contribution >= 4 is 0 Å². The molecule has 0 atom stereocenters. The number of hydrogen-bond acceptors (Lipinski definition) is 4. The molecule has 0 spiro atoms. The molecular weight excluding hydrogens is 352 g/mol. The lowest BCUT2D eigenvalue weighted by Crippen LogP contribution is -2.15. The lowest BCUT2D eigenvalue weighted by molar-refractivity contribution is 0.480. The highest BCUT2D eigenvalue weighted by Crippen LogP contribution is 2.27. The third kappa shape index (κ3) is 3.69. The number of nitriles is 1. The molecule has 6 heteroatoms. The summed E-state index contributed by atoms with van der Waals surface area (Å²) < 4.78 is 9.44. The van der Waals surface area contributed by atoms with Crippen molar-refractivity contribution < 1.29 is 4.74 Å². The van der Waals surface area contributed by atoms with Crippen molar-refractivity contribution in [1.82, 2.24) is 14.1 Å². The zero-order valence-corrected chi connectivity index (χ0v) is 14.9. The van der Waals surface area contributed by atoms with Gasteiger partial charge in [0.2, 0.25) is 0 Å². The van der Waals surface area contributed by atoms with Gasteiger partial charge in [0.1, 0.15) is 17.6 Å². The molecule has 2 heterocycles. The highest BCUT2D eigenvalue weighted by atomic mass is 16.5. The Kier molecular flexibility index (Phi) is 4.72. The molecule has 4 aromatic rings. The SMILES string of the molecule is N#Cc1ccc(Cn2ccnc2)cc1Oc1ccc(-n2ccccc2=O)cc1. The van der Waals surface area contributed by atoms with Crippen molar-refractivity contribution in [3.63, 3.8) is 0 Å². The predicted molar refractivity (Wildman–Crippen MR) is 105 cm³/mol. The zero-order chi connectivity index (χ0) is 19.3. The Morgan fingerprint density at radius 2 is 1.89 bits per heavy atom. The van der Waals surface area contributed by atoms with Gasteiger partial charge in [-0.2, -0.15) is 5.26 Å². The van der Waals surface area contributed by atoms with Crippen molar-refractivity contribution in [2.24, 2.45) is 0 Å². The van der Waals surface area contributed by atoms with Crippen molar-refractivity contribution in [2.75, 3.05) is 0 Å². The first kappa shape index (κ1) is 17.3. The average molecular weight is 368 g/mol. The second-order valence-corrected chi connectivity index (χ2v) is 6.18. The molecular formula is C22H16N4O2. The number of hydrogen-bond donors (Lipinski definition) is 0. The molecule has 0 unspecified atom stereocenters. The maximum atomic E-state index is 11.9. The Balaban J connectivity index is 1.59. The van der Waals surface area contributed by atoms with Crippen molar-refractivity contribution in [3.05, 3.63) is 107 Å². The quantitative estimate of drug-likeness (QED) is 0.538. The monoisotopic (exact) mass is 368 g/mol. The minimum absolute atomic E-state index is 0.102. The number of pyridine rings is 1. The molecule has 2 aromatic heterocycles. The van der Waals surface area contributed by atoms with Crippen LogP contribution in [0.3, 0.4) is 0 Å². The van der Waals surface area contributed by atoms with Crippen molar-refractivity contribution in [3.8, 4) is 23.3 Å². The lowest BCUT2D eigenvalue weighted by Gasteiger charge is -2.11. The smallest absolute Gasteiger partial charge is 0.255 e. The molecule has 0 N–H and O–H groups in total. The number of rotatable bonds is 5. The number of nitrogens with zero attached hydrogens (tertiary/aromatic N) is 4. The Hall–Kier alpha value is -4.11. The summed E-state index contributed by atoms with van der Waals surface area (Å²) in [4.78, 5) is 16.0. The third-order valence-electron chi connectivity index (χ3n) is 4.26. The summed E-state index contributed by atoms with van der Waals surface area (Å²) >= 11 is 0. The molecule has 0 bridgehead atoms. The van der Waals surface area contributed by atoms with Crippen LogP contribution in [0.15, 0.2) is 90.4 Å². The van der Waals surface area contributed by atoms with Crippen LogP contribution in [0.1, 0.15) is 11.1 Å². The molecule has 136 valence electrons. The maximum Gasteiger partial charge on any atom is 0.255 e. The van der Waals surface area contributed by atoms with E-state index in [2.05, 4.69) is 11.1 Å². The molecule has 0 saturated heterocycles. The summed E-state index contributed by atoms with van der Waals surface area (Å²) in [7, 11) is 0. The number of ether oxygens (including phenoxy) is 1. The summed E-state index contributed by atoms with van der Waals surface area (Å²) in [6.45, 7) is 0.637. The van der Waals surface area contributed by atoms with E-state index in [1.165, 1.54) is 6.07 Å². The summed E-state index contributed by atoms with van der Waals surface area (Å²) in [5, 5.41) is 9.38. The van der Waals surface area contributed by atoms with Crippen LogP contribution in [0.5, 0.6) is 11.5 Å². The molecule has 0 aliphatic carbocycles. The molecule has 2 aromatic carbocycles. The van der Waals surface area contributed by atoms with Gasteiger partial charge in [-0.15, -0.1) is 0 Å². The van der Waals surface area contributed by atoms with E-state index < -0.39 is 0 Å². The van der Waals surface area contributed by atoms with Crippen LogP contribution in [-0.2, 0) is 6.54 Å². The fourth-order valence-corrected chi connectivity index (χ4v) is 2.88. The van der Waals surface area contributed by atoms with Crippen molar-refractivity contribution in [2.45, 2.75) is 6.54 Å². The summed E-state index contributed by atoms with van der Waals surface area (Å²) in [6.07, 6.45) is 7.05. The Morgan fingerprint density at radius 1 is 1.04 bits per heavy atom. The maximum absolute atomic E-state index is 11.9. The highest BCUT2D eigenvalue weighted by molar-refractivity contribution is 5.48. The molecule has 0 amide bonds. The van der Waals surface area contributed by atoms with E-state index in [9.17, 15) is 10.1 Å². The molecule has 0 fully saturated rings. The minimum atomic E-state index is -0.102. The van der Waals surface area contributed by atoms with Crippen LogP contribution in [0, 0.1) is 11.3 Å². The second-order valence-electron chi connectivity index (χ2n) is 6.18. The average Bonchev–Trinajstić information content (AvgIpc) is 3.22. The van der Waals surface area contributed by atoms with E-state index in [0.717, 1.165) is 11.3 Å². The highest BCUT2D eigenvalue weighted by Gasteiger charge is 2.08. The van der Waals surface area contributed by atoms with E-state index in [4.69, 9.17) is 4.74 Å². The molecule has 0 aliphatic heterocycles. The fourth-order valence-electron chi connectivity index (χ4n) is 2.88. The van der Waals surface area contributed by atoms with Gasteiger partial charge >= 0.3 is 0 Å². The van der Waals surface area contributed by atoms with Gasteiger partial charge < -0.3 is 9.30 Å². The van der Waals surface area contributed by atoms with Gasteiger partial charge in [0.15, 0.2) is 0 Å². The molecule has 0 aliphatic rings. The van der Waals surface area contributed by atoms with E-state index in [1.807, 2.05) is 22.9 Å². The van der Waals surface area contributed by atoms with Crippen LogP contribution in [-0.4, -0.2) is 14.1 Å². The largest absolute Gasteiger partial charge is 0.456 e. The van der Waals surface area contributed by atoms with Crippen LogP contribution in [0.4, 0.5) is 0 Å². The van der Waals surface area contributed by atoms with E-state index in [-0.39, 0.29) is 5.56 Å². The van der Waals surface area contributed by atoms with Gasteiger partial charge in [-0.3, -0.25) is 9.36 Å². The van der Waals surface area contributed by atoms with Gasteiger partial charge in [0, 0.05) is 36.9 Å². The van der Waals surface area contributed by atoms with Crippen LogP contribution < -0.4 is 10.3 Å². The van der Waals surface area contributed by atoms with Gasteiger partial charge in [-0.05, 0) is 48.0 Å². The molecule has 4 rings (SSSR count). The molecule has 6 nitrogen and oxygen atoms in total. The normalized spacial score (nSPS) is 10.4. The van der Waals surface area contributed by atoms with E-state index in [1.54, 1.807) is 65.8 Å². The van der Waals surface area contributed by atoms with Crippen LogP contribution >= 0.6 is 0 Å². The number of aromatic nitrogens is 3. The molecule has 0 saturated carbocycles. The second kappa shape index (κ2) is 7.64. The van der Waals surface area contributed by atoms with Gasteiger partial charge in [-0.25, -0.2) is 4.98 Å². The molecule has 28 heavy (non-hydrogen) atoms.